The van der Waals surface area contributed by atoms with Gasteiger partial charge in [0.2, 0.25) is 0 Å². The van der Waals surface area contributed by atoms with E-state index in [1.54, 1.807) is 0 Å². The molecule has 1 aromatic carbocycles. The number of rotatable bonds is 3. The molecule has 2 aromatic rings. The lowest BCUT2D eigenvalue weighted by Crippen LogP contribution is -2.21. The summed E-state index contributed by atoms with van der Waals surface area (Å²) in [5.74, 6) is 0.392. The summed E-state index contributed by atoms with van der Waals surface area (Å²) < 4.78 is 7.46. The van der Waals surface area contributed by atoms with Gasteiger partial charge in [0.1, 0.15) is 0 Å². The van der Waals surface area contributed by atoms with Crippen molar-refractivity contribution in [3.8, 4) is 5.69 Å². The second-order valence-electron chi connectivity index (χ2n) is 5.22. The third kappa shape index (κ3) is 2.55. The Kier molecular flexibility index (Phi) is 3.36. The van der Waals surface area contributed by atoms with Crippen molar-refractivity contribution in [2.75, 3.05) is 6.61 Å². The fourth-order valence-electron chi connectivity index (χ4n) is 2.60. The Morgan fingerprint density at radius 3 is 2.84 bits per heavy atom. The van der Waals surface area contributed by atoms with Crippen LogP contribution in [0, 0.1) is 5.92 Å². The summed E-state index contributed by atoms with van der Waals surface area (Å²) in [5.41, 5.74) is 8.45. The summed E-state index contributed by atoms with van der Waals surface area (Å²) in [6.45, 7) is 2.85. The number of hydrogen-bond acceptors (Lipinski definition) is 3. The first-order valence-corrected chi connectivity index (χ1v) is 6.71. The Bertz CT molecular complexity index is 537. The van der Waals surface area contributed by atoms with Crippen molar-refractivity contribution in [1.29, 1.82) is 0 Å². The zero-order valence-electron chi connectivity index (χ0n) is 11.1. The van der Waals surface area contributed by atoms with Gasteiger partial charge in [0.25, 0.3) is 0 Å². The summed E-state index contributed by atoms with van der Waals surface area (Å²) in [5, 5.41) is 4.39. The molecule has 19 heavy (non-hydrogen) atoms. The van der Waals surface area contributed by atoms with Gasteiger partial charge in [-0.05, 0) is 25.5 Å². The van der Waals surface area contributed by atoms with E-state index in [2.05, 4.69) is 12.0 Å². The first-order chi connectivity index (χ1) is 9.24. The molecule has 3 unspecified atom stereocenters. The molecule has 3 rings (SSSR count). The molecule has 4 nitrogen and oxygen atoms in total. The number of hydrogen-bond donors (Lipinski definition) is 1. The molecule has 1 aliphatic heterocycles. The number of benzene rings is 1. The van der Waals surface area contributed by atoms with Gasteiger partial charge in [0.05, 0.1) is 24.6 Å². The molecule has 4 heteroatoms. The van der Waals surface area contributed by atoms with Crippen molar-refractivity contribution in [3.05, 3.63) is 48.3 Å². The number of nitrogens with two attached hydrogens (primary N) is 1. The van der Waals surface area contributed by atoms with Crippen LogP contribution in [0.15, 0.2) is 42.7 Å². The Morgan fingerprint density at radius 1 is 1.37 bits per heavy atom. The van der Waals surface area contributed by atoms with Crippen molar-refractivity contribution in [2.45, 2.75) is 25.5 Å². The van der Waals surface area contributed by atoms with Gasteiger partial charge < -0.3 is 10.5 Å². The lowest BCUT2D eigenvalue weighted by Gasteiger charge is -2.15. The normalized spacial score (nSPS) is 24.5. The predicted molar refractivity (Wildman–Crippen MR) is 74.0 cm³/mol. The highest BCUT2D eigenvalue weighted by atomic mass is 16.5. The highest BCUT2D eigenvalue weighted by molar-refractivity contribution is 5.31. The molecule has 1 saturated heterocycles. The average molecular weight is 257 g/mol. The molecule has 1 aromatic heterocycles. The molecule has 0 aliphatic carbocycles. The highest BCUT2D eigenvalue weighted by Gasteiger charge is 2.28. The summed E-state index contributed by atoms with van der Waals surface area (Å²) in [7, 11) is 0. The molecular formula is C15H19N3O. The number of nitrogens with zero attached hydrogens (tertiary/aromatic N) is 2. The van der Waals surface area contributed by atoms with Crippen molar-refractivity contribution in [2.24, 2.45) is 11.7 Å². The molecule has 0 radical (unpaired) electrons. The van der Waals surface area contributed by atoms with Crippen molar-refractivity contribution < 1.29 is 4.74 Å². The minimum Gasteiger partial charge on any atom is -0.378 e. The fourth-order valence-corrected chi connectivity index (χ4v) is 2.60. The summed E-state index contributed by atoms with van der Waals surface area (Å²) in [4.78, 5) is 0. The maximum atomic E-state index is 6.32. The molecular weight excluding hydrogens is 238 g/mol. The van der Waals surface area contributed by atoms with Crippen LogP contribution >= 0.6 is 0 Å². The van der Waals surface area contributed by atoms with E-state index in [-0.39, 0.29) is 6.04 Å². The quantitative estimate of drug-likeness (QED) is 0.918. The van der Waals surface area contributed by atoms with Gasteiger partial charge >= 0.3 is 0 Å². The largest absolute Gasteiger partial charge is 0.378 e. The van der Waals surface area contributed by atoms with Gasteiger partial charge in [-0.2, -0.15) is 5.10 Å². The van der Waals surface area contributed by atoms with Crippen LogP contribution in [0.25, 0.3) is 5.69 Å². The Morgan fingerprint density at radius 2 is 2.16 bits per heavy atom. The molecule has 2 heterocycles. The second-order valence-corrected chi connectivity index (χ2v) is 5.22. The summed E-state index contributed by atoms with van der Waals surface area (Å²) in [6, 6.07) is 10.1. The van der Waals surface area contributed by atoms with E-state index in [1.165, 1.54) is 0 Å². The maximum Gasteiger partial charge on any atom is 0.0645 e. The topological polar surface area (TPSA) is 53.1 Å². The zero-order valence-corrected chi connectivity index (χ0v) is 11.1. The van der Waals surface area contributed by atoms with Gasteiger partial charge in [0, 0.05) is 23.7 Å². The van der Waals surface area contributed by atoms with Gasteiger partial charge in [-0.15, -0.1) is 0 Å². The molecule has 1 aliphatic rings. The zero-order chi connectivity index (χ0) is 13.2. The van der Waals surface area contributed by atoms with E-state index in [9.17, 15) is 0 Å². The van der Waals surface area contributed by atoms with Crippen LogP contribution < -0.4 is 5.73 Å². The second kappa shape index (κ2) is 5.15. The van der Waals surface area contributed by atoms with E-state index in [0.29, 0.717) is 12.0 Å². The summed E-state index contributed by atoms with van der Waals surface area (Å²) >= 11 is 0. The number of aromatic nitrogens is 2. The third-order valence-electron chi connectivity index (χ3n) is 3.75. The maximum absolute atomic E-state index is 6.32. The molecule has 0 spiro atoms. The van der Waals surface area contributed by atoms with Crippen LogP contribution in [0.4, 0.5) is 0 Å². The SMILES string of the molecule is CC1CC(C(N)c2cnn(-c3ccccc3)c2)CO1. The van der Waals surface area contributed by atoms with E-state index in [4.69, 9.17) is 10.5 Å². The molecule has 0 amide bonds. The minimum atomic E-state index is 0.00223. The Labute approximate surface area is 113 Å². The molecule has 0 bridgehead atoms. The lowest BCUT2D eigenvalue weighted by atomic mass is 9.94. The van der Waals surface area contributed by atoms with Gasteiger partial charge in [-0.1, -0.05) is 18.2 Å². The van der Waals surface area contributed by atoms with E-state index in [0.717, 1.165) is 24.3 Å². The minimum absolute atomic E-state index is 0.00223. The van der Waals surface area contributed by atoms with Crippen LogP contribution in [0.5, 0.6) is 0 Å². The molecule has 3 atom stereocenters. The average Bonchev–Trinajstić information content (AvgIpc) is 3.08. The standard InChI is InChI=1S/C15H19N3O/c1-11-7-12(10-19-11)15(16)13-8-17-18(9-13)14-5-3-2-4-6-14/h2-6,8-9,11-12,15H,7,10,16H2,1H3. The van der Waals surface area contributed by atoms with Crippen LogP contribution in [-0.2, 0) is 4.74 Å². The molecule has 2 N–H and O–H groups in total. The Hall–Kier alpha value is -1.65. The first-order valence-electron chi connectivity index (χ1n) is 6.71. The molecule has 100 valence electrons. The summed E-state index contributed by atoms with van der Waals surface area (Å²) in [6.07, 6.45) is 5.22. The van der Waals surface area contributed by atoms with Crippen LogP contribution in [0.2, 0.25) is 0 Å². The third-order valence-corrected chi connectivity index (χ3v) is 3.75. The van der Waals surface area contributed by atoms with Crippen molar-refractivity contribution in [1.82, 2.24) is 9.78 Å². The van der Waals surface area contributed by atoms with E-state index in [1.807, 2.05) is 47.4 Å². The Balaban J connectivity index is 1.78. The predicted octanol–water partition coefficient (Wildman–Crippen LogP) is 2.30. The highest BCUT2D eigenvalue weighted by Crippen LogP contribution is 2.29. The van der Waals surface area contributed by atoms with Crippen molar-refractivity contribution >= 4 is 0 Å². The number of para-hydroxylation sites is 1. The number of ether oxygens (including phenoxy) is 1. The molecule has 1 fully saturated rings. The van der Waals surface area contributed by atoms with Gasteiger partial charge in [-0.25, -0.2) is 4.68 Å². The molecule has 0 saturated carbocycles. The van der Waals surface area contributed by atoms with E-state index >= 15 is 0 Å². The first kappa shape index (κ1) is 12.4. The monoisotopic (exact) mass is 257 g/mol. The van der Waals surface area contributed by atoms with Crippen LogP contribution in [-0.4, -0.2) is 22.5 Å². The van der Waals surface area contributed by atoms with E-state index < -0.39 is 0 Å². The smallest absolute Gasteiger partial charge is 0.0645 e. The van der Waals surface area contributed by atoms with Crippen molar-refractivity contribution in [3.63, 3.8) is 0 Å². The van der Waals surface area contributed by atoms with Gasteiger partial charge in [0.15, 0.2) is 0 Å². The van der Waals surface area contributed by atoms with Crippen LogP contribution in [0.1, 0.15) is 24.9 Å². The lowest BCUT2D eigenvalue weighted by molar-refractivity contribution is 0.118. The fraction of sp³-hybridized carbons (Fsp3) is 0.400. The van der Waals surface area contributed by atoms with Crippen LogP contribution in [0.3, 0.4) is 0 Å². The van der Waals surface area contributed by atoms with Gasteiger partial charge in [-0.3, -0.25) is 0 Å².